The molecule has 4 aromatic carbocycles. The van der Waals surface area contributed by atoms with Crippen molar-refractivity contribution in [3.8, 4) is 11.5 Å². The number of H-pyrrole nitrogens is 1. The van der Waals surface area contributed by atoms with Crippen LogP contribution >= 0.6 is 6.49 Å². The van der Waals surface area contributed by atoms with Crippen molar-refractivity contribution in [1.29, 1.82) is 0 Å². The second kappa shape index (κ2) is 24.2. The number of anilines is 2. The lowest BCUT2D eigenvalue weighted by Crippen LogP contribution is -2.46. The minimum absolute atomic E-state index is 0.00370. The predicted octanol–water partition coefficient (Wildman–Crippen LogP) is 10.6. The molecular weight excluding hydrogens is 1100 g/mol. The first kappa shape index (κ1) is 58.5. The van der Waals surface area contributed by atoms with Crippen LogP contribution in [0.4, 0.5) is 11.8 Å². The Balaban J connectivity index is 0.970. The third kappa shape index (κ3) is 12.5. The molecule has 82 heavy (non-hydrogen) atoms. The van der Waals surface area contributed by atoms with Gasteiger partial charge >= 0.3 is 0 Å². The number of imidazole rings is 2. The van der Waals surface area contributed by atoms with Gasteiger partial charge in [-0.05, 0) is 88.9 Å². The zero-order valence-corrected chi connectivity index (χ0v) is 50.5. The first-order valence-corrected chi connectivity index (χ1v) is 33.4. The zero-order valence-electron chi connectivity index (χ0n) is 47.8. The van der Waals surface area contributed by atoms with Crippen LogP contribution in [0.3, 0.4) is 0 Å². The minimum Gasteiger partial charge on any atom is -0.497 e. The van der Waals surface area contributed by atoms with Gasteiger partial charge in [-0.25, -0.2) is 19.9 Å². The number of carbonyl (C=O) groups is 1. The monoisotopic (exact) mass is 1170 g/mol. The van der Waals surface area contributed by atoms with Crippen LogP contribution in [0.5, 0.6) is 11.5 Å². The Morgan fingerprint density at radius 1 is 0.768 bits per heavy atom. The number of aromatic nitrogens is 8. The highest BCUT2D eigenvalue weighted by Crippen LogP contribution is 2.52. The van der Waals surface area contributed by atoms with Crippen LogP contribution in [0, 0.1) is 5.92 Å². The summed E-state index contributed by atoms with van der Waals surface area (Å²) in [5.41, 5.74) is 2.85. The molecule has 1 amide bonds. The summed E-state index contributed by atoms with van der Waals surface area (Å²) in [4.78, 5) is 52.5. The number of methoxy groups -OCH3 is 2. The molecule has 0 saturated carbocycles. The molecule has 23 heteroatoms. The summed E-state index contributed by atoms with van der Waals surface area (Å²) < 4.78 is 57.2. The molecule has 2 fully saturated rings. The molecule has 0 bridgehead atoms. The van der Waals surface area contributed by atoms with Crippen LogP contribution in [0.15, 0.2) is 133 Å². The van der Waals surface area contributed by atoms with E-state index >= 15 is 0 Å². The molecule has 2 aliphatic rings. The van der Waals surface area contributed by atoms with E-state index in [1.54, 1.807) is 62.4 Å². The van der Waals surface area contributed by atoms with Crippen molar-refractivity contribution in [2.75, 3.05) is 51.3 Å². The molecule has 0 radical (unpaired) electrons. The van der Waals surface area contributed by atoms with Gasteiger partial charge in [0.1, 0.15) is 48.1 Å². The van der Waals surface area contributed by atoms with Gasteiger partial charge in [-0.15, -0.1) is 0 Å². The van der Waals surface area contributed by atoms with Crippen molar-refractivity contribution in [3.05, 3.63) is 161 Å². The van der Waals surface area contributed by atoms with Crippen LogP contribution in [0.25, 0.3) is 22.3 Å². The van der Waals surface area contributed by atoms with Gasteiger partial charge in [0.2, 0.25) is 5.95 Å². The molecule has 7 atom stereocenters. The summed E-state index contributed by atoms with van der Waals surface area (Å²) in [7, 11) is 0.877. The van der Waals surface area contributed by atoms with Gasteiger partial charge in [-0.3, -0.25) is 23.7 Å². The van der Waals surface area contributed by atoms with E-state index in [0.717, 1.165) is 16.7 Å². The number of rotatable bonds is 22. The van der Waals surface area contributed by atoms with E-state index in [9.17, 15) is 9.59 Å². The Morgan fingerprint density at radius 2 is 1.33 bits per heavy atom. The number of amides is 1. The van der Waals surface area contributed by atoms with Crippen LogP contribution in [-0.2, 0) is 45.1 Å². The maximum atomic E-state index is 13.4. The summed E-state index contributed by atoms with van der Waals surface area (Å²) in [6.45, 7) is 14.4. The molecule has 2 saturated heterocycles. The van der Waals surface area contributed by atoms with Crippen molar-refractivity contribution in [2.45, 2.75) is 108 Å². The maximum Gasteiger partial charge on any atom is 0.280 e. The van der Waals surface area contributed by atoms with E-state index in [2.05, 4.69) is 78.3 Å². The van der Waals surface area contributed by atoms with Gasteiger partial charge in [-0.2, -0.15) is 4.98 Å². The topological polar surface area (TPSA) is 222 Å². The van der Waals surface area contributed by atoms with Gasteiger partial charge < -0.3 is 47.8 Å². The van der Waals surface area contributed by atoms with Gasteiger partial charge in [0, 0.05) is 31.6 Å². The number of ether oxygens (including phenoxy) is 5. The zero-order chi connectivity index (χ0) is 58.0. The quantitative estimate of drug-likeness (QED) is 0.0326. The molecule has 10 rings (SSSR count). The lowest BCUT2D eigenvalue weighted by Gasteiger charge is -2.39. The average molecular weight is 1170 g/mol. The first-order chi connectivity index (χ1) is 39.3. The van der Waals surface area contributed by atoms with E-state index < -0.39 is 57.3 Å². The molecule has 0 aliphatic carbocycles. The van der Waals surface area contributed by atoms with E-state index in [0.29, 0.717) is 58.7 Å². The molecule has 20 nitrogen and oxygen atoms in total. The number of fused-ring (bicyclic) bond motifs is 2. The lowest BCUT2D eigenvalue weighted by molar-refractivity contribution is -0.0908. The Morgan fingerprint density at radius 3 is 1.93 bits per heavy atom. The molecule has 1 unspecified atom stereocenters. The third-order valence-corrected chi connectivity index (χ3v) is 21.8. The van der Waals surface area contributed by atoms with E-state index in [-0.39, 0.29) is 47.5 Å². The molecule has 4 aromatic heterocycles. The smallest absolute Gasteiger partial charge is 0.280 e. The number of nitrogens with zero attached hydrogens (tertiary/aromatic N) is 7. The van der Waals surface area contributed by atoms with Gasteiger partial charge in [0.05, 0.1) is 52.3 Å². The number of hydrogen-bond donors (Lipinski definition) is 3. The van der Waals surface area contributed by atoms with Gasteiger partial charge in [-0.1, -0.05) is 107 Å². The van der Waals surface area contributed by atoms with E-state index in [4.69, 9.17) is 58.9 Å². The van der Waals surface area contributed by atoms with Crippen molar-refractivity contribution < 1.29 is 42.0 Å². The fourth-order valence-corrected chi connectivity index (χ4v) is 13.1. The number of hydrogen-bond acceptors (Lipinski definition) is 17. The van der Waals surface area contributed by atoms with Crippen LogP contribution in [0.2, 0.25) is 18.1 Å². The van der Waals surface area contributed by atoms with Gasteiger partial charge in [0.15, 0.2) is 43.0 Å². The van der Waals surface area contributed by atoms with Crippen molar-refractivity contribution in [1.82, 2.24) is 39.0 Å². The predicted molar refractivity (Wildman–Crippen MR) is 320 cm³/mol. The lowest BCUT2D eigenvalue weighted by atomic mass is 9.80. The molecular formula is C59H71N10O10PSSi. The Bertz CT molecular complexity index is 3560. The van der Waals surface area contributed by atoms with Crippen LogP contribution in [0.1, 0.15) is 87.0 Å². The number of carbonyl (C=O) groups excluding carboxylic acids is 1. The summed E-state index contributed by atoms with van der Waals surface area (Å²) in [6, 6.07) is 34.5. The molecule has 432 valence electrons. The average Bonchev–Trinajstić information content (AvgIpc) is 4.36. The third-order valence-electron chi connectivity index (χ3n) is 15.4. The standard InChI is InChI=1S/C59H71N10O10PSSi/c1-37(2)31-60-57-66-54-51(56(71)67-57)64-36-69(54)49-30-45(79-82(9,10)58(3,4)5)47(77-49)33-75-80(8,81)78-44-29-48(68-35-63-50-52(61-34-62-53(50)68)65-55(70)38-17-13-11-14-18-38)76-46(44)32-74-59(39-19-15-12-16-20-39,40-21-25-42(72-6)26-22-40)41-23-27-43(73-7)28-24-41/h11-28,34-37,44-49H,29-33H2,1-10H3,(H2,60,66,67,71)(H,61,62,65,70)/t44-,45-,46+,47+,48+,49+,80?/m0/s1. The summed E-state index contributed by atoms with van der Waals surface area (Å²) in [5, 5.41) is 6.03. The largest absolute Gasteiger partial charge is 0.497 e. The first-order valence-electron chi connectivity index (χ1n) is 27.4. The molecule has 0 spiro atoms. The highest BCUT2D eigenvalue weighted by Gasteiger charge is 2.48. The molecule has 6 heterocycles. The fraction of sp³-hybridized carbons (Fsp3) is 0.407. The maximum absolute atomic E-state index is 13.4. The minimum atomic E-state index is -3.19. The molecule has 3 N–H and O–H groups in total. The molecule has 8 aromatic rings. The van der Waals surface area contributed by atoms with Crippen molar-refractivity contribution in [2.24, 2.45) is 5.92 Å². The second-order valence-electron chi connectivity index (χ2n) is 22.6. The fourth-order valence-electron chi connectivity index (χ4n) is 10.0. The van der Waals surface area contributed by atoms with E-state index in [1.807, 2.05) is 89.5 Å². The number of aromatic amines is 1. The summed E-state index contributed by atoms with van der Waals surface area (Å²) in [6.07, 6.45) is 1.56. The van der Waals surface area contributed by atoms with Crippen molar-refractivity contribution in [3.63, 3.8) is 0 Å². The second-order valence-corrected chi connectivity index (χ2v) is 31.3. The Hall–Kier alpha value is -6.72. The Kier molecular flexibility index (Phi) is 17.3. The summed E-state index contributed by atoms with van der Waals surface area (Å²) >= 11 is 6.38. The number of nitrogens with one attached hydrogen (secondary N) is 3. The van der Waals surface area contributed by atoms with Crippen LogP contribution in [-0.4, -0.2) is 118 Å². The SMILES string of the molecule is COc1ccc(C(OC[C@H]2O[C@@H](n3cnc4c(NC(=O)c5ccccc5)ncnc43)C[C@@H]2OP(C)(=S)OC[C@H]2O[C@@H](n3cnc4c(=O)[nH]c(NCC(C)C)nc43)C[C@@H]2O[Si](C)(C)C(C)(C)C)(c2ccccc2)c2ccc(OC)cc2)cc1. The highest BCUT2D eigenvalue weighted by molar-refractivity contribution is 8.09. The van der Waals surface area contributed by atoms with Gasteiger partial charge in [0.25, 0.3) is 11.5 Å². The normalized spacial score (nSPS) is 20.3. The van der Waals surface area contributed by atoms with Crippen molar-refractivity contribution >= 4 is 66.6 Å². The molecule has 2 aliphatic heterocycles. The Labute approximate surface area is 482 Å². The van der Waals surface area contributed by atoms with E-state index in [1.165, 1.54) is 6.33 Å². The summed E-state index contributed by atoms with van der Waals surface area (Å²) in [5.74, 6) is 1.95. The highest BCUT2D eigenvalue weighted by atomic mass is 32.5. The number of benzene rings is 4. The van der Waals surface area contributed by atoms with Crippen LogP contribution < -0.4 is 25.7 Å².